The molecule has 0 bridgehead atoms. The summed E-state index contributed by atoms with van der Waals surface area (Å²) in [5.74, 6) is -2.98. The van der Waals surface area contributed by atoms with Gasteiger partial charge < -0.3 is 10.2 Å². The summed E-state index contributed by atoms with van der Waals surface area (Å²) in [5.41, 5.74) is 0.00303. The zero-order chi connectivity index (χ0) is 21.2. The van der Waals surface area contributed by atoms with E-state index in [2.05, 4.69) is 5.32 Å². The van der Waals surface area contributed by atoms with E-state index in [0.717, 1.165) is 18.4 Å². The van der Waals surface area contributed by atoms with E-state index >= 15 is 0 Å². The standard InChI is InChI=1S/C20H20F2N2O4S/c1-29(27,28)18-5-3-2-4-17(18)23-19(25)13-8-10-24(11-9-13)20(26)15-7-6-14(21)12-16(15)22/h2-7,12-13H,8-11H2,1H3,(H,23,25). The fraction of sp³-hybridized carbons (Fsp3) is 0.300. The number of carbonyl (C=O) groups excluding carboxylic acids is 2. The topological polar surface area (TPSA) is 83.6 Å². The largest absolute Gasteiger partial charge is 0.339 e. The number of sulfone groups is 1. The molecule has 9 heteroatoms. The molecule has 2 amide bonds. The SMILES string of the molecule is CS(=O)(=O)c1ccccc1NC(=O)C1CCN(C(=O)c2ccc(F)cc2F)CC1. The summed E-state index contributed by atoms with van der Waals surface area (Å²) in [7, 11) is -3.50. The Hall–Kier alpha value is -2.81. The minimum atomic E-state index is -3.50. The smallest absolute Gasteiger partial charge is 0.256 e. The minimum absolute atomic E-state index is 0.0350. The van der Waals surface area contributed by atoms with E-state index in [-0.39, 0.29) is 35.1 Å². The van der Waals surface area contributed by atoms with Gasteiger partial charge in [-0.25, -0.2) is 17.2 Å². The first-order valence-corrected chi connectivity index (χ1v) is 10.9. The van der Waals surface area contributed by atoms with Crippen LogP contribution < -0.4 is 5.32 Å². The molecule has 0 atom stereocenters. The number of likely N-dealkylation sites (tertiary alicyclic amines) is 1. The summed E-state index contributed by atoms with van der Waals surface area (Å²) in [6.45, 7) is 0.475. The van der Waals surface area contributed by atoms with Gasteiger partial charge in [0, 0.05) is 31.3 Å². The van der Waals surface area contributed by atoms with E-state index in [1.807, 2.05) is 0 Å². The molecule has 0 aliphatic carbocycles. The molecule has 1 aliphatic rings. The maximum Gasteiger partial charge on any atom is 0.256 e. The van der Waals surface area contributed by atoms with Gasteiger partial charge in [0.05, 0.1) is 16.1 Å². The number of benzene rings is 2. The summed E-state index contributed by atoms with van der Waals surface area (Å²) in [5, 5.41) is 2.65. The number of hydrogen-bond donors (Lipinski definition) is 1. The normalized spacial score (nSPS) is 15.2. The second-order valence-electron chi connectivity index (χ2n) is 6.95. The monoisotopic (exact) mass is 422 g/mol. The quantitative estimate of drug-likeness (QED) is 0.821. The van der Waals surface area contributed by atoms with Crippen LogP contribution in [-0.2, 0) is 14.6 Å². The van der Waals surface area contributed by atoms with Crippen LogP contribution in [0.2, 0.25) is 0 Å². The Kier molecular flexibility index (Phi) is 5.97. The van der Waals surface area contributed by atoms with Crippen LogP contribution in [-0.4, -0.2) is 44.5 Å². The van der Waals surface area contributed by atoms with Crippen molar-refractivity contribution in [3.63, 3.8) is 0 Å². The summed E-state index contributed by atoms with van der Waals surface area (Å²) < 4.78 is 50.6. The van der Waals surface area contributed by atoms with E-state index in [0.29, 0.717) is 18.9 Å². The van der Waals surface area contributed by atoms with Gasteiger partial charge >= 0.3 is 0 Å². The highest BCUT2D eigenvalue weighted by atomic mass is 32.2. The number of para-hydroxylation sites is 1. The van der Waals surface area contributed by atoms with Crippen molar-refractivity contribution in [2.45, 2.75) is 17.7 Å². The molecular formula is C20H20F2N2O4S. The van der Waals surface area contributed by atoms with Crippen LogP contribution in [0.4, 0.5) is 14.5 Å². The first-order valence-electron chi connectivity index (χ1n) is 9.01. The number of halogens is 2. The van der Waals surface area contributed by atoms with Crippen LogP contribution in [0.15, 0.2) is 47.4 Å². The third-order valence-corrected chi connectivity index (χ3v) is 6.01. The summed E-state index contributed by atoms with van der Waals surface area (Å²) in [6.07, 6.45) is 1.76. The van der Waals surface area contributed by atoms with Crippen molar-refractivity contribution >= 4 is 27.3 Å². The molecule has 0 radical (unpaired) electrons. The lowest BCUT2D eigenvalue weighted by Gasteiger charge is -2.31. The molecule has 6 nitrogen and oxygen atoms in total. The molecule has 2 aromatic carbocycles. The number of carbonyl (C=O) groups is 2. The molecule has 1 aliphatic heterocycles. The van der Waals surface area contributed by atoms with Crippen molar-refractivity contribution in [1.29, 1.82) is 0 Å². The minimum Gasteiger partial charge on any atom is -0.339 e. The first-order chi connectivity index (χ1) is 13.7. The lowest BCUT2D eigenvalue weighted by molar-refractivity contribution is -0.121. The molecule has 2 aromatic rings. The van der Waals surface area contributed by atoms with Crippen molar-refractivity contribution in [2.75, 3.05) is 24.7 Å². The number of anilines is 1. The van der Waals surface area contributed by atoms with Crippen LogP contribution in [0.1, 0.15) is 23.2 Å². The molecule has 0 unspecified atom stereocenters. The van der Waals surface area contributed by atoms with E-state index in [1.165, 1.54) is 17.0 Å². The van der Waals surface area contributed by atoms with Gasteiger partial charge in [-0.3, -0.25) is 9.59 Å². The Morgan fingerprint density at radius 3 is 2.34 bits per heavy atom. The molecule has 29 heavy (non-hydrogen) atoms. The van der Waals surface area contributed by atoms with Gasteiger partial charge in [-0.2, -0.15) is 0 Å². The van der Waals surface area contributed by atoms with Gasteiger partial charge in [-0.05, 0) is 37.1 Å². The fourth-order valence-corrected chi connectivity index (χ4v) is 4.15. The first kappa shape index (κ1) is 20.9. The molecule has 0 aromatic heterocycles. The molecule has 0 saturated carbocycles. The summed E-state index contributed by atoms with van der Waals surface area (Å²) in [6, 6.07) is 8.93. The van der Waals surface area contributed by atoms with Crippen LogP contribution in [0.25, 0.3) is 0 Å². The zero-order valence-corrected chi connectivity index (χ0v) is 16.5. The third-order valence-electron chi connectivity index (χ3n) is 4.86. The van der Waals surface area contributed by atoms with Crippen LogP contribution >= 0.6 is 0 Å². The van der Waals surface area contributed by atoms with Crippen molar-refractivity contribution < 1.29 is 26.8 Å². The molecule has 1 saturated heterocycles. The Morgan fingerprint density at radius 1 is 1.07 bits per heavy atom. The predicted octanol–water partition coefficient (Wildman–Crippen LogP) is 2.86. The van der Waals surface area contributed by atoms with Gasteiger partial charge in [0.2, 0.25) is 5.91 Å². The molecule has 1 N–H and O–H groups in total. The number of amides is 2. The Labute approximate surface area is 167 Å². The van der Waals surface area contributed by atoms with Crippen LogP contribution in [0.3, 0.4) is 0 Å². The second kappa shape index (κ2) is 8.28. The van der Waals surface area contributed by atoms with Crippen molar-refractivity contribution in [1.82, 2.24) is 4.90 Å². The van der Waals surface area contributed by atoms with E-state index in [4.69, 9.17) is 0 Å². The average Bonchev–Trinajstić information content (AvgIpc) is 2.67. The number of piperidine rings is 1. The average molecular weight is 422 g/mol. The van der Waals surface area contributed by atoms with E-state index < -0.39 is 33.3 Å². The van der Waals surface area contributed by atoms with Crippen molar-refractivity contribution in [2.24, 2.45) is 5.92 Å². The molecular weight excluding hydrogens is 402 g/mol. The van der Waals surface area contributed by atoms with E-state index in [9.17, 15) is 26.8 Å². The molecule has 1 heterocycles. The number of nitrogens with zero attached hydrogens (tertiary/aromatic N) is 1. The lowest BCUT2D eigenvalue weighted by Crippen LogP contribution is -2.41. The number of hydrogen-bond acceptors (Lipinski definition) is 4. The summed E-state index contributed by atoms with van der Waals surface area (Å²) in [4.78, 5) is 26.5. The van der Waals surface area contributed by atoms with Gasteiger partial charge in [-0.1, -0.05) is 12.1 Å². The fourth-order valence-electron chi connectivity index (χ4n) is 3.31. The highest BCUT2D eigenvalue weighted by molar-refractivity contribution is 7.90. The summed E-state index contributed by atoms with van der Waals surface area (Å²) >= 11 is 0. The van der Waals surface area contributed by atoms with E-state index in [1.54, 1.807) is 12.1 Å². The van der Waals surface area contributed by atoms with Crippen LogP contribution in [0, 0.1) is 17.6 Å². The van der Waals surface area contributed by atoms with Crippen molar-refractivity contribution in [3.8, 4) is 0 Å². The molecule has 1 fully saturated rings. The highest BCUT2D eigenvalue weighted by Crippen LogP contribution is 2.25. The van der Waals surface area contributed by atoms with Gasteiger partial charge in [-0.15, -0.1) is 0 Å². The molecule has 0 spiro atoms. The number of rotatable bonds is 4. The molecule has 154 valence electrons. The lowest BCUT2D eigenvalue weighted by atomic mass is 9.95. The number of nitrogens with one attached hydrogen (secondary N) is 1. The molecule has 3 rings (SSSR count). The van der Waals surface area contributed by atoms with Gasteiger partial charge in [0.1, 0.15) is 11.6 Å². The predicted molar refractivity (Wildman–Crippen MR) is 103 cm³/mol. The maximum absolute atomic E-state index is 13.8. The highest BCUT2D eigenvalue weighted by Gasteiger charge is 2.29. The maximum atomic E-state index is 13.8. The Balaban J connectivity index is 1.64. The third kappa shape index (κ3) is 4.79. The zero-order valence-electron chi connectivity index (χ0n) is 15.7. The Bertz CT molecular complexity index is 1050. The Morgan fingerprint density at radius 2 is 1.72 bits per heavy atom. The second-order valence-corrected chi connectivity index (χ2v) is 8.93. The van der Waals surface area contributed by atoms with Gasteiger partial charge in [0.25, 0.3) is 5.91 Å². The van der Waals surface area contributed by atoms with Gasteiger partial charge in [0.15, 0.2) is 9.84 Å². The van der Waals surface area contributed by atoms with Crippen molar-refractivity contribution in [3.05, 3.63) is 59.7 Å². The van der Waals surface area contributed by atoms with Crippen LogP contribution in [0.5, 0.6) is 0 Å².